The molecule has 0 radical (unpaired) electrons. The zero-order valence-electron chi connectivity index (χ0n) is 8.78. The molecule has 4 nitrogen and oxygen atoms in total. The van der Waals surface area contributed by atoms with Gasteiger partial charge in [0.2, 0.25) is 5.78 Å². The van der Waals surface area contributed by atoms with Gasteiger partial charge < -0.3 is 9.64 Å². The molecule has 0 N–H and O–H groups in total. The van der Waals surface area contributed by atoms with E-state index in [-0.39, 0.29) is 24.2 Å². The number of hydrogen-bond acceptors (Lipinski definition) is 3. The van der Waals surface area contributed by atoms with E-state index in [9.17, 15) is 9.59 Å². The van der Waals surface area contributed by atoms with E-state index in [1.165, 1.54) is 0 Å². The fraction of sp³-hybridized carbons (Fsp3) is 0.800. The van der Waals surface area contributed by atoms with Gasteiger partial charge in [0.05, 0.1) is 12.6 Å². The summed E-state index contributed by atoms with van der Waals surface area (Å²) in [5, 5.41) is 0. The molecule has 4 heteroatoms. The quantitative estimate of drug-likeness (QED) is 0.623. The summed E-state index contributed by atoms with van der Waals surface area (Å²) in [6.45, 7) is 2.93. The van der Waals surface area contributed by atoms with Crippen LogP contribution in [-0.4, -0.2) is 42.9 Å². The van der Waals surface area contributed by atoms with Crippen molar-refractivity contribution in [3.63, 3.8) is 0 Å². The van der Waals surface area contributed by atoms with E-state index in [1.54, 1.807) is 18.9 Å². The molecular weight excluding hydrogens is 182 g/mol. The molecule has 0 unspecified atom stereocenters. The summed E-state index contributed by atoms with van der Waals surface area (Å²) in [5.74, 6) is -0.639. The second kappa shape index (κ2) is 5.10. The highest BCUT2D eigenvalue weighted by Crippen LogP contribution is 2.17. The Morgan fingerprint density at radius 2 is 2.21 bits per heavy atom. The third kappa shape index (κ3) is 2.32. The number of ketones is 1. The highest BCUT2D eigenvalue weighted by atomic mass is 16.5. The van der Waals surface area contributed by atoms with Gasteiger partial charge in [-0.1, -0.05) is 6.92 Å². The molecule has 1 saturated heterocycles. The van der Waals surface area contributed by atoms with Gasteiger partial charge in [0.15, 0.2) is 0 Å². The lowest BCUT2D eigenvalue weighted by atomic mass is 10.2. The lowest BCUT2D eigenvalue weighted by Gasteiger charge is -2.22. The molecule has 0 saturated carbocycles. The van der Waals surface area contributed by atoms with Crippen molar-refractivity contribution < 1.29 is 14.3 Å². The molecule has 1 aliphatic heterocycles. The molecule has 1 heterocycles. The van der Waals surface area contributed by atoms with Gasteiger partial charge in [-0.25, -0.2) is 0 Å². The Balaban J connectivity index is 2.57. The van der Waals surface area contributed by atoms with Crippen LogP contribution in [0.1, 0.15) is 26.2 Å². The molecule has 1 aliphatic rings. The highest BCUT2D eigenvalue weighted by Gasteiger charge is 2.31. The van der Waals surface area contributed by atoms with Crippen LogP contribution in [0.4, 0.5) is 0 Å². The first-order chi connectivity index (χ1) is 6.70. The minimum atomic E-state index is -0.341. The predicted molar refractivity (Wildman–Crippen MR) is 51.9 cm³/mol. The highest BCUT2D eigenvalue weighted by molar-refractivity contribution is 6.36. The Morgan fingerprint density at radius 1 is 1.50 bits per heavy atom. The van der Waals surface area contributed by atoms with Gasteiger partial charge in [-0.05, 0) is 12.8 Å². The van der Waals surface area contributed by atoms with E-state index in [0.29, 0.717) is 13.2 Å². The standard InChI is InChI=1S/C10H17NO3/c1-3-9(12)10(13)11-6-4-5-8(11)7-14-2/h8H,3-7H2,1-2H3/t8-/m1/s1. The van der Waals surface area contributed by atoms with Gasteiger partial charge in [-0.15, -0.1) is 0 Å². The molecule has 80 valence electrons. The van der Waals surface area contributed by atoms with Crippen LogP contribution in [0, 0.1) is 0 Å². The number of carbonyl (C=O) groups excluding carboxylic acids is 2. The summed E-state index contributed by atoms with van der Waals surface area (Å²) in [6.07, 6.45) is 2.20. The molecule has 0 bridgehead atoms. The largest absolute Gasteiger partial charge is 0.383 e. The van der Waals surface area contributed by atoms with Crippen LogP contribution >= 0.6 is 0 Å². The van der Waals surface area contributed by atoms with E-state index >= 15 is 0 Å². The molecule has 1 rings (SSSR count). The maximum Gasteiger partial charge on any atom is 0.290 e. The van der Waals surface area contributed by atoms with Gasteiger partial charge in [0, 0.05) is 20.1 Å². The average Bonchev–Trinajstić information content (AvgIpc) is 2.64. The zero-order chi connectivity index (χ0) is 10.6. The van der Waals surface area contributed by atoms with Gasteiger partial charge in [0.25, 0.3) is 5.91 Å². The zero-order valence-corrected chi connectivity index (χ0v) is 8.78. The van der Waals surface area contributed by atoms with E-state index < -0.39 is 0 Å². The van der Waals surface area contributed by atoms with Crippen molar-refractivity contribution in [2.45, 2.75) is 32.2 Å². The van der Waals surface area contributed by atoms with Crippen LogP contribution in [-0.2, 0) is 14.3 Å². The maximum absolute atomic E-state index is 11.6. The van der Waals surface area contributed by atoms with Crippen LogP contribution in [0.25, 0.3) is 0 Å². The van der Waals surface area contributed by atoms with Gasteiger partial charge >= 0.3 is 0 Å². The molecule has 0 aromatic heterocycles. The predicted octanol–water partition coefficient (Wildman–Crippen LogP) is 0.603. The van der Waals surface area contributed by atoms with Crippen LogP contribution in [0.3, 0.4) is 0 Å². The van der Waals surface area contributed by atoms with E-state index in [4.69, 9.17) is 4.74 Å². The fourth-order valence-corrected chi connectivity index (χ4v) is 1.78. The van der Waals surface area contributed by atoms with Gasteiger partial charge in [-0.2, -0.15) is 0 Å². The van der Waals surface area contributed by atoms with Crippen molar-refractivity contribution in [3.8, 4) is 0 Å². The second-order valence-corrected chi connectivity index (χ2v) is 3.53. The first-order valence-electron chi connectivity index (χ1n) is 5.03. The average molecular weight is 199 g/mol. The van der Waals surface area contributed by atoms with Crippen LogP contribution in [0.15, 0.2) is 0 Å². The summed E-state index contributed by atoms with van der Waals surface area (Å²) in [6, 6.07) is 0.1000. The third-order valence-corrected chi connectivity index (χ3v) is 2.56. The number of amides is 1. The Morgan fingerprint density at radius 3 is 2.79 bits per heavy atom. The monoisotopic (exact) mass is 199 g/mol. The SMILES string of the molecule is CCC(=O)C(=O)N1CCC[C@@H]1COC. The molecule has 14 heavy (non-hydrogen) atoms. The summed E-state index contributed by atoms with van der Waals surface area (Å²) >= 11 is 0. The maximum atomic E-state index is 11.6. The normalized spacial score (nSPS) is 21.3. The third-order valence-electron chi connectivity index (χ3n) is 2.56. The van der Waals surface area contributed by atoms with Gasteiger partial charge in [0.1, 0.15) is 0 Å². The fourth-order valence-electron chi connectivity index (χ4n) is 1.78. The van der Waals surface area contributed by atoms with Crippen LogP contribution in [0.2, 0.25) is 0 Å². The summed E-state index contributed by atoms with van der Waals surface area (Å²) in [7, 11) is 1.61. The van der Waals surface area contributed by atoms with Crippen molar-refractivity contribution in [1.82, 2.24) is 4.90 Å². The van der Waals surface area contributed by atoms with Crippen molar-refractivity contribution >= 4 is 11.7 Å². The van der Waals surface area contributed by atoms with E-state index in [2.05, 4.69) is 0 Å². The molecule has 1 atom stereocenters. The number of rotatable bonds is 4. The first-order valence-corrected chi connectivity index (χ1v) is 5.03. The van der Waals surface area contributed by atoms with Crippen LogP contribution < -0.4 is 0 Å². The molecular formula is C10H17NO3. The lowest BCUT2D eigenvalue weighted by molar-refractivity contribution is -0.145. The molecule has 0 aromatic carbocycles. The number of methoxy groups -OCH3 is 1. The van der Waals surface area contributed by atoms with Crippen molar-refractivity contribution in [1.29, 1.82) is 0 Å². The van der Waals surface area contributed by atoms with Crippen LogP contribution in [0.5, 0.6) is 0 Å². The minimum Gasteiger partial charge on any atom is -0.383 e. The summed E-state index contributed by atoms with van der Waals surface area (Å²) in [4.78, 5) is 24.4. The summed E-state index contributed by atoms with van der Waals surface area (Å²) < 4.78 is 5.01. The molecule has 0 aromatic rings. The Bertz CT molecular complexity index is 227. The smallest absolute Gasteiger partial charge is 0.290 e. The Kier molecular flexibility index (Phi) is 4.07. The Labute approximate surface area is 84.2 Å². The first kappa shape index (κ1) is 11.2. The van der Waals surface area contributed by atoms with Crippen molar-refractivity contribution in [3.05, 3.63) is 0 Å². The number of nitrogens with zero attached hydrogens (tertiary/aromatic N) is 1. The number of ether oxygens (including phenoxy) is 1. The molecule has 1 fully saturated rings. The molecule has 0 spiro atoms. The van der Waals surface area contributed by atoms with E-state index in [1.807, 2.05) is 0 Å². The van der Waals surface area contributed by atoms with Crippen molar-refractivity contribution in [2.75, 3.05) is 20.3 Å². The van der Waals surface area contributed by atoms with E-state index in [0.717, 1.165) is 12.8 Å². The number of carbonyl (C=O) groups is 2. The summed E-state index contributed by atoms with van der Waals surface area (Å²) in [5.41, 5.74) is 0. The number of Topliss-reactive ketones (excluding diaryl/α,β-unsaturated/α-hetero) is 1. The van der Waals surface area contributed by atoms with Gasteiger partial charge in [-0.3, -0.25) is 9.59 Å². The number of likely N-dealkylation sites (tertiary alicyclic amines) is 1. The van der Waals surface area contributed by atoms with Crippen molar-refractivity contribution in [2.24, 2.45) is 0 Å². The second-order valence-electron chi connectivity index (χ2n) is 3.53. The molecule has 0 aliphatic carbocycles. The lowest BCUT2D eigenvalue weighted by Crippen LogP contribution is -2.41. The minimum absolute atomic E-state index is 0.1000. The molecule has 1 amide bonds. The topological polar surface area (TPSA) is 46.6 Å². The Hall–Kier alpha value is -0.900. The number of hydrogen-bond donors (Lipinski definition) is 0.